The summed E-state index contributed by atoms with van der Waals surface area (Å²) in [6, 6.07) is 0. The fourth-order valence-corrected chi connectivity index (χ4v) is 1.21. The molecule has 0 aromatic carbocycles. The number of hydrogen-bond donors (Lipinski definition) is 0. The topological polar surface area (TPSA) is 17.1 Å². The molecule has 0 atom stereocenters. The zero-order valence-electron chi connectivity index (χ0n) is 12.5. The van der Waals surface area contributed by atoms with Crippen molar-refractivity contribution in [3.8, 4) is 0 Å². The minimum absolute atomic E-state index is 0.0393. The fraction of sp³-hybridized carbons (Fsp3) is 0.211. The molecule has 0 amide bonds. The van der Waals surface area contributed by atoms with Crippen molar-refractivity contribution in [2.24, 2.45) is 0 Å². The summed E-state index contributed by atoms with van der Waals surface area (Å²) in [4.78, 5) is 10.4. The largest absolute Gasteiger partial charge is 0.290 e. The molecule has 0 heterocycles. The summed E-state index contributed by atoms with van der Waals surface area (Å²) < 4.78 is 0. The van der Waals surface area contributed by atoms with Crippen LogP contribution in [0.15, 0.2) is 85.1 Å². The molecule has 0 aromatic heterocycles. The lowest BCUT2D eigenvalue weighted by molar-refractivity contribution is -0.110. The molecule has 0 aliphatic heterocycles. The minimum atomic E-state index is 0.0393. The van der Waals surface area contributed by atoms with Crippen LogP contribution in [-0.4, -0.2) is 5.78 Å². The SMILES string of the molecule is C=C1C=CC(=O)C=C1.C=C1C=CCCC=C1.CC=CC. The van der Waals surface area contributed by atoms with Gasteiger partial charge in [-0.05, 0) is 50.0 Å². The van der Waals surface area contributed by atoms with Crippen molar-refractivity contribution < 1.29 is 4.79 Å². The highest BCUT2D eigenvalue weighted by Gasteiger charge is 1.93. The van der Waals surface area contributed by atoms with Crippen molar-refractivity contribution in [1.82, 2.24) is 0 Å². The molecule has 0 aromatic rings. The Labute approximate surface area is 123 Å². The van der Waals surface area contributed by atoms with Gasteiger partial charge >= 0.3 is 0 Å². The molecule has 0 radical (unpaired) electrons. The minimum Gasteiger partial charge on any atom is -0.290 e. The van der Waals surface area contributed by atoms with Gasteiger partial charge in [0.05, 0.1) is 0 Å². The summed E-state index contributed by atoms with van der Waals surface area (Å²) >= 11 is 0. The monoisotopic (exact) mass is 268 g/mol. The zero-order chi connectivity index (χ0) is 15.2. The third-order valence-corrected chi connectivity index (χ3v) is 2.42. The fourth-order valence-electron chi connectivity index (χ4n) is 1.21. The van der Waals surface area contributed by atoms with Crippen LogP contribution in [0.5, 0.6) is 0 Å². The van der Waals surface area contributed by atoms with Gasteiger partial charge < -0.3 is 0 Å². The van der Waals surface area contributed by atoms with Crippen LogP contribution in [-0.2, 0) is 4.79 Å². The molecule has 2 aliphatic carbocycles. The Morgan fingerprint density at radius 2 is 1.20 bits per heavy atom. The number of ketones is 1. The van der Waals surface area contributed by atoms with Gasteiger partial charge in [0.2, 0.25) is 0 Å². The van der Waals surface area contributed by atoms with Gasteiger partial charge in [0.25, 0.3) is 0 Å². The smallest absolute Gasteiger partial charge is 0.178 e. The Balaban J connectivity index is 0.000000289. The maximum absolute atomic E-state index is 10.4. The van der Waals surface area contributed by atoms with Crippen molar-refractivity contribution in [3.63, 3.8) is 0 Å². The number of carbonyl (C=O) groups excluding carboxylic acids is 1. The van der Waals surface area contributed by atoms with Crippen molar-refractivity contribution in [2.75, 3.05) is 0 Å². The van der Waals surface area contributed by atoms with Crippen LogP contribution in [0.1, 0.15) is 26.7 Å². The molecule has 0 saturated heterocycles. The van der Waals surface area contributed by atoms with E-state index in [9.17, 15) is 4.79 Å². The Hall–Kier alpha value is -2.15. The average molecular weight is 268 g/mol. The number of carbonyl (C=O) groups is 1. The van der Waals surface area contributed by atoms with E-state index in [4.69, 9.17) is 0 Å². The highest BCUT2D eigenvalue weighted by molar-refractivity contribution is 6.01. The van der Waals surface area contributed by atoms with Crippen LogP contribution in [0.3, 0.4) is 0 Å². The van der Waals surface area contributed by atoms with Crippen LogP contribution in [0.2, 0.25) is 0 Å². The molecule has 1 heteroatoms. The first-order valence-electron chi connectivity index (χ1n) is 6.78. The van der Waals surface area contributed by atoms with Gasteiger partial charge in [-0.25, -0.2) is 0 Å². The summed E-state index contributed by atoms with van der Waals surface area (Å²) in [7, 11) is 0. The third kappa shape index (κ3) is 11.0. The van der Waals surface area contributed by atoms with Gasteiger partial charge in [-0.3, -0.25) is 4.79 Å². The molecule has 20 heavy (non-hydrogen) atoms. The van der Waals surface area contributed by atoms with Crippen LogP contribution < -0.4 is 0 Å². The molecule has 0 saturated carbocycles. The molecule has 106 valence electrons. The van der Waals surface area contributed by atoms with E-state index in [1.165, 1.54) is 12.2 Å². The summed E-state index contributed by atoms with van der Waals surface area (Å²) in [5.41, 5.74) is 1.99. The van der Waals surface area contributed by atoms with Gasteiger partial charge in [0.15, 0.2) is 5.78 Å². The van der Waals surface area contributed by atoms with E-state index in [-0.39, 0.29) is 5.78 Å². The lowest BCUT2D eigenvalue weighted by Crippen LogP contribution is -1.89. The summed E-state index contributed by atoms with van der Waals surface area (Å²) in [6.45, 7) is 11.4. The molecule has 0 bridgehead atoms. The second-order valence-corrected chi connectivity index (χ2v) is 4.27. The molecule has 2 aliphatic rings. The van der Waals surface area contributed by atoms with E-state index >= 15 is 0 Å². The first kappa shape index (κ1) is 17.8. The van der Waals surface area contributed by atoms with Gasteiger partial charge in [-0.2, -0.15) is 0 Å². The van der Waals surface area contributed by atoms with E-state index < -0.39 is 0 Å². The molecule has 0 unspecified atom stereocenters. The van der Waals surface area contributed by atoms with E-state index in [2.05, 4.69) is 37.5 Å². The predicted molar refractivity (Wildman–Crippen MR) is 89.6 cm³/mol. The van der Waals surface area contributed by atoms with Crippen LogP contribution >= 0.6 is 0 Å². The molecular weight excluding hydrogens is 244 g/mol. The van der Waals surface area contributed by atoms with Gasteiger partial charge in [-0.1, -0.05) is 61.8 Å². The van der Waals surface area contributed by atoms with Crippen LogP contribution in [0.4, 0.5) is 0 Å². The lowest BCUT2D eigenvalue weighted by Gasteiger charge is -1.92. The molecule has 2 rings (SSSR count). The van der Waals surface area contributed by atoms with E-state index in [1.807, 2.05) is 26.0 Å². The molecule has 1 nitrogen and oxygen atoms in total. The third-order valence-electron chi connectivity index (χ3n) is 2.42. The van der Waals surface area contributed by atoms with Crippen molar-refractivity contribution in [1.29, 1.82) is 0 Å². The average Bonchev–Trinajstić information content (AvgIpc) is 2.71. The van der Waals surface area contributed by atoms with Gasteiger partial charge in [-0.15, -0.1) is 0 Å². The zero-order valence-corrected chi connectivity index (χ0v) is 12.5. The van der Waals surface area contributed by atoms with Gasteiger partial charge in [0, 0.05) is 0 Å². The molecular formula is C19H24O. The lowest BCUT2D eigenvalue weighted by atomic mass is 10.1. The van der Waals surface area contributed by atoms with E-state index in [0.29, 0.717) is 0 Å². The second kappa shape index (κ2) is 11.9. The molecule has 0 spiro atoms. The van der Waals surface area contributed by atoms with Gasteiger partial charge in [0.1, 0.15) is 0 Å². The quantitative estimate of drug-likeness (QED) is 0.547. The van der Waals surface area contributed by atoms with Crippen LogP contribution in [0, 0.1) is 0 Å². The first-order valence-corrected chi connectivity index (χ1v) is 6.78. The van der Waals surface area contributed by atoms with E-state index in [0.717, 1.165) is 24.0 Å². The Kier molecular flexibility index (Phi) is 10.6. The molecule has 0 fully saturated rings. The highest BCUT2D eigenvalue weighted by Crippen LogP contribution is 2.05. The van der Waals surface area contributed by atoms with Crippen molar-refractivity contribution in [3.05, 3.63) is 85.1 Å². The number of hydrogen-bond acceptors (Lipinski definition) is 1. The normalized spacial score (nSPS) is 16.4. The second-order valence-electron chi connectivity index (χ2n) is 4.27. The highest BCUT2D eigenvalue weighted by atomic mass is 16.1. The standard InChI is InChI=1S/C8H10.C7H6O.C4H8/c1-8-6-4-2-3-5-7-8;1-6-2-4-7(8)5-3-6;1-3-4-2/h4-7H,1-3H2;2-5H,1H2;3-4H,1-2H3. The first-order chi connectivity index (χ1) is 9.60. The van der Waals surface area contributed by atoms with Crippen molar-refractivity contribution in [2.45, 2.75) is 26.7 Å². The Bertz CT molecular complexity index is 410. The summed E-state index contributed by atoms with van der Waals surface area (Å²) in [5, 5.41) is 0. The Morgan fingerprint density at radius 3 is 1.55 bits per heavy atom. The summed E-state index contributed by atoms with van der Waals surface area (Å²) in [5.74, 6) is 0.0393. The summed E-state index contributed by atoms with van der Waals surface area (Å²) in [6.07, 6.45) is 21.2. The predicted octanol–water partition coefficient (Wildman–Crippen LogP) is 5.27. The Morgan fingerprint density at radius 1 is 0.800 bits per heavy atom. The van der Waals surface area contributed by atoms with Crippen LogP contribution in [0.25, 0.3) is 0 Å². The number of rotatable bonds is 0. The van der Waals surface area contributed by atoms with E-state index in [1.54, 1.807) is 12.2 Å². The maximum Gasteiger partial charge on any atom is 0.178 e. The number of allylic oxidation sites excluding steroid dienone is 12. The molecule has 0 N–H and O–H groups in total. The van der Waals surface area contributed by atoms with Crippen molar-refractivity contribution >= 4 is 5.78 Å². The maximum atomic E-state index is 10.4.